The molecule has 0 aromatic heterocycles. The molecule has 0 atom stereocenters. The molecule has 0 spiro atoms. The highest BCUT2D eigenvalue weighted by Crippen LogP contribution is 3.12. The Morgan fingerprint density at radius 2 is 1.67 bits per heavy atom. The van der Waals surface area contributed by atoms with Gasteiger partial charge in [-0.1, -0.05) is 23.2 Å². The van der Waals surface area contributed by atoms with Crippen molar-refractivity contribution in [3.05, 3.63) is 0 Å². The quantitative estimate of drug-likeness (QED) is 0.519. The highest BCUT2D eigenvalue weighted by atomic mass is 36.4. The predicted octanol–water partition coefficient (Wildman–Crippen LogP) is 4.41. The van der Waals surface area contributed by atoms with E-state index in [-0.39, 0.29) is 0 Å². The first-order chi connectivity index (χ1) is 4.91. The summed E-state index contributed by atoms with van der Waals surface area (Å²) in [5.41, 5.74) is 1.89. The van der Waals surface area contributed by atoms with Gasteiger partial charge in [-0.25, -0.2) is 0 Å². The van der Waals surface area contributed by atoms with E-state index < -0.39 is 14.2 Å². The number of rotatable bonds is 0. The molecule has 0 bridgehead atoms. The molecule has 74 valence electrons. The van der Waals surface area contributed by atoms with E-state index in [1.807, 2.05) is 5.43 Å². The van der Waals surface area contributed by atoms with Crippen LogP contribution in [0, 0.1) is 0 Å². The fraction of sp³-hybridized carbons (Fsp3) is 0.500. The lowest BCUT2D eigenvalue weighted by Gasteiger charge is -2.55. The number of hydrogen-bond acceptors (Lipinski definition) is 2. The van der Waals surface area contributed by atoms with Crippen LogP contribution in [0.5, 0.6) is 0 Å². The first kappa shape index (κ1) is 11.6. The second kappa shape index (κ2) is 2.18. The molecule has 0 aliphatic carbocycles. The van der Waals surface area contributed by atoms with Gasteiger partial charge < -0.3 is 0 Å². The van der Waals surface area contributed by atoms with E-state index in [0.29, 0.717) is 0 Å². The fourth-order valence-corrected chi connectivity index (χ4v) is 2.36. The summed E-state index contributed by atoms with van der Waals surface area (Å²) in [4.78, 5) is 0. The van der Waals surface area contributed by atoms with Crippen LogP contribution in [-0.2, 0) is 0 Å². The van der Waals surface area contributed by atoms with Crippen LogP contribution < -0.4 is 5.43 Å². The van der Waals surface area contributed by atoms with Crippen molar-refractivity contribution in [1.82, 2.24) is 5.43 Å². The summed E-state index contributed by atoms with van der Waals surface area (Å²) in [6, 6.07) is 0. The van der Waals surface area contributed by atoms with Crippen LogP contribution in [0.3, 0.4) is 0 Å². The highest BCUT2D eigenvalue weighted by Gasteiger charge is 2.78. The topological polar surface area (TPSA) is 24.4 Å². The van der Waals surface area contributed by atoms with Gasteiger partial charge in [0.15, 0.2) is 0 Å². The lowest BCUT2D eigenvalue weighted by molar-refractivity contribution is 0.761. The largest absolute Gasteiger partial charge is 0.284 e. The lowest BCUT2D eigenvalue weighted by atomic mass is 11.4. The van der Waals surface area contributed by atoms with Gasteiger partial charge in [0.1, 0.15) is 0 Å². The molecular weight excluding hydrogens is 316 g/mol. The molecule has 0 saturated carbocycles. The molecule has 0 amide bonds. The minimum atomic E-state index is -5.39. The summed E-state index contributed by atoms with van der Waals surface area (Å²) in [6.07, 6.45) is 0. The van der Waals surface area contributed by atoms with Crippen LogP contribution in [0.1, 0.15) is 0 Å². The monoisotopic (exact) mass is 314 g/mol. The summed E-state index contributed by atoms with van der Waals surface area (Å²) in [5, 5.41) is -3.86. The zero-order chi connectivity index (χ0) is 9.90. The van der Waals surface area contributed by atoms with E-state index in [1.54, 1.807) is 0 Å². The molecule has 0 unspecified atom stereocenters. The molecule has 1 aliphatic rings. The molecule has 0 fully saturated rings. The van der Waals surface area contributed by atoms with Crippen molar-refractivity contribution in [3.8, 4) is 0 Å². The van der Waals surface area contributed by atoms with Gasteiger partial charge in [-0.05, 0) is 42.7 Å². The molecule has 10 heteroatoms. The van der Waals surface area contributed by atoms with Crippen molar-refractivity contribution in [3.63, 3.8) is 0 Å². The lowest BCUT2D eigenvalue weighted by Crippen LogP contribution is -2.37. The first-order valence-corrected chi connectivity index (χ1v) is 8.80. The second-order valence-electron chi connectivity index (χ2n) is 2.06. The SMILES string of the molecule is FC1=NNC(Cl)(Cl)S1(Cl)(Cl)(Cl)Cl. The Labute approximate surface area is 94.5 Å². The van der Waals surface area contributed by atoms with Crippen LogP contribution in [0.25, 0.3) is 0 Å². The molecule has 1 rings (SSSR count). The highest BCUT2D eigenvalue weighted by molar-refractivity contribution is 9.21. The Kier molecular flexibility index (Phi) is 2.10. The van der Waals surface area contributed by atoms with Crippen molar-refractivity contribution in [2.24, 2.45) is 5.10 Å². The third kappa shape index (κ3) is 1.20. The molecule has 2 nitrogen and oxygen atoms in total. The smallest absolute Gasteiger partial charge is 0.262 e. The summed E-state index contributed by atoms with van der Waals surface area (Å²) >= 11 is 10.9. The Morgan fingerprint density at radius 3 is 1.75 bits per heavy atom. The van der Waals surface area contributed by atoms with Crippen LogP contribution in [0.2, 0.25) is 0 Å². The summed E-state index contributed by atoms with van der Waals surface area (Å²) < 4.78 is 10.7. The molecule has 0 saturated heterocycles. The standard InChI is InChI=1S/C2HCl6FN2S/c3-2(4)11-10-1(9)12(2,5,6,7)8/h11H. The van der Waals surface area contributed by atoms with Gasteiger partial charge in [-0.3, -0.25) is 5.43 Å². The molecule has 1 aliphatic heterocycles. The van der Waals surface area contributed by atoms with E-state index in [1.165, 1.54) is 0 Å². The minimum Gasteiger partial charge on any atom is -0.262 e. The normalized spacial score (nSPS) is 39.4. The van der Waals surface area contributed by atoms with Gasteiger partial charge in [0, 0.05) is 0 Å². The summed E-state index contributed by atoms with van der Waals surface area (Å²) in [6.45, 7) is 0. The van der Waals surface area contributed by atoms with E-state index in [4.69, 9.17) is 65.9 Å². The maximum atomic E-state index is 13.0. The predicted molar refractivity (Wildman–Crippen MR) is 57.1 cm³/mol. The molecule has 0 aromatic rings. The Morgan fingerprint density at radius 1 is 1.25 bits per heavy atom. The van der Waals surface area contributed by atoms with E-state index in [9.17, 15) is 4.39 Å². The van der Waals surface area contributed by atoms with Crippen molar-refractivity contribution in [2.75, 3.05) is 0 Å². The van der Waals surface area contributed by atoms with Crippen molar-refractivity contribution < 1.29 is 4.39 Å². The Hall–Kier alpha value is 1.49. The van der Waals surface area contributed by atoms with Crippen LogP contribution >= 0.6 is 71.1 Å². The van der Waals surface area contributed by atoms with Gasteiger partial charge in [0.05, 0.1) is 5.15 Å². The van der Waals surface area contributed by atoms with Gasteiger partial charge in [-0.2, -0.15) is 4.39 Å². The summed E-state index contributed by atoms with van der Waals surface area (Å²) in [5.74, 6) is 0. The maximum Gasteiger partial charge on any atom is 0.284 e. The summed E-state index contributed by atoms with van der Waals surface area (Å²) in [7, 11) is 22.0. The third-order valence-electron chi connectivity index (χ3n) is 1.13. The van der Waals surface area contributed by atoms with Gasteiger partial charge in [0.25, 0.3) is 9.09 Å². The molecule has 0 aromatic carbocycles. The first-order valence-electron chi connectivity index (χ1n) is 2.29. The number of nitrogens with zero attached hydrogens (tertiary/aromatic N) is 1. The number of alkyl halides is 2. The van der Waals surface area contributed by atoms with E-state index in [0.717, 1.165) is 0 Å². The molecule has 1 heterocycles. The molecule has 0 radical (unpaired) electrons. The minimum absolute atomic E-state index is 1.42. The van der Waals surface area contributed by atoms with Crippen LogP contribution in [-0.4, -0.2) is 9.09 Å². The van der Waals surface area contributed by atoms with E-state index in [2.05, 4.69) is 5.10 Å². The van der Waals surface area contributed by atoms with Crippen LogP contribution in [0.4, 0.5) is 4.39 Å². The van der Waals surface area contributed by atoms with Crippen molar-refractivity contribution >= 4 is 76.4 Å². The van der Waals surface area contributed by atoms with Crippen LogP contribution in [0.15, 0.2) is 5.10 Å². The van der Waals surface area contributed by atoms with Crippen molar-refractivity contribution in [1.29, 1.82) is 0 Å². The number of hydrazone groups is 1. The van der Waals surface area contributed by atoms with Gasteiger partial charge in [-0.15, -0.1) is 5.10 Å². The molecular formula is C2HCl6FN2S. The van der Waals surface area contributed by atoms with Crippen molar-refractivity contribution in [2.45, 2.75) is 3.79 Å². The van der Waals surface area contributed by atoms with Gasteiger partial charge >= 0.3 is 0 Å². The number of nitrogens with one attached hydrogen (secondary N) is 1. The number of hydrogen-bond donors (Lipinski definition) is 1. The third-order valence-corrected chi connectivity index (χ3v) is 11.7. The second-order valence-corrected chi connectivity index (χ2v) is 19.0. The zero-order valence-corrected chi connectivity index (χ0v) is 10.4. The zero-order valence-electron chi connectivity index (χ0n) is 5.00. The average Bonchev–Trinajstić information content (AvgIpc) is 1.88. The van der Waals surface area contributed by atoms with Gasteiger partial charge in [0.2, 0.25) is 0 Å². The molecule has 12 heavy (non-hydrogen) atoms. The molecule has 1 N–H and O–H groups in total. The maximum absolute atomic E-state index is 13.0. The fourth-order valence-electron chi connectivity index (χ4n) is 0.398. The average molecular weight is 317 g/mol. The Balaban J connectivity index is 3.48. The Bertz CT molecular complexity index is 276. The van der Waals surface area contributed by atoms with E-state index >= 15 is 0 Å². The number of halogens is 7.